The first-order valence-electron chi connectivity index (χ1n) is 4.23. The van der Waals surface area contributed by atoms with Crippen LogP contribution in [0.5, 0.6) is 0 Å². The van der Waals surface area contributed by atoms with Crippen molar-refractivity contribution in [2.75, 3.05) is 0 Å². The molecule has 0 spiro atoms. The second kappa shape index (κ2) is 3.88. The van der Waals surface area contributed by atoms with Gasteiger partial charge < -0.3 is 9.79 Å². The lowest BCUT2D eigenvalue weighted by Crippen LogP contribution is -2.24. The minimum atomic E-state index is -4.27. The maximum atomic E-state index is 10.5. The number of rotatable bonds is 2. The van der Waals surface area contributed by atoms with Crippen molar-refractivity contribution >= 4 is 7.82 Å². The molecule has 0 amide bonds. The van der Waals surface area contributed by atoms with Gasteiger partial charge in [0, 0.05) is 0 Å². The SMILES string of the molecule is C[C@@H]1CCCC[C@H]1OP(=O)(O)O. The van der Waals surface area contributed by atoms with Gasteiger partial charge in [-0.1, -0.05) is 19.8 Å². The topological polar surface area (TPSA) is 66.8 Å². The third-order valence-corrected chi connectivity index (χ3v) is 2.85. The molecule has 1 aliphatic carbocycles. The monoisotopic (exact) mass is 194 g/mol. The summed E-state index contributed by atoms with van der Waals surface area (Å²) >= 11 is 0. The normalized spacial score (nSPS) is 31.9. The summed E-state index contributed by atoms with van der Waals surface area (Å²) in [5.41, 5.74) is 0. The first kappa shape index (κ1) is 10.2. The van der Waals surface area contributed by atoms with E-state index in [-0.39, 0.29) is 12.0 Å². The molecule has 0 radical (unpaired) electrons. The summed E-state index contributed by atoms with van der Waals surface area (Å²) in [7, 11) is -4.27. The molecule has 12 heavy (non-hydrogen) atoms. The second-order valence-corrected chi connectivity index (χ2v) is 4.59. The molecule has 0 aromatic rings. The average molecular weight is 194 g/mol. The molecule has 72 valence electrons. The van der Waals surface area contributed by atoms with Gasteiger partial charge in [-0.2, -0.15) is 0 Å². The van der Waals surface area contributed by atoms with Crippen LogP contribution >= 0.6 is 7.82 Å². The highest BCUT2D eigenvalue weighted by atomic mass is 31.2. The zero-order chi connectivity index (χ0) is 9.19. The van der Waals surface area contributed by atoms with Gasteiger partial charge in [-0.3, -0.25) is 4.52 Å². The lowest BCUT2D eigenvalue weighted by molar-refractivity contribution is 0.0663. The quantitative estimate of drug-likeness (QED) is 0.656. The molecule has 2 atom stereocenters. The predicted molar refractivity (Wildman–Crippen MR) is 44.5 cm³/mol. The van der Waals surface area contributed by atoms with E-state index < -0.39 is 7.82 Å². The molecule has 5 heteroatoms. The van der Waals surface area contributed by atoms with Crippen LogP contribution in [0.1, 0.15) is 32.6 Å². The van der Waals surface area contributed by atoms with Crippen molar-refractivity contribution in [3.05, 3.63) is 0 Å². The molecule has 0 unspecified atom stereocenters. The summed E-state index contributed by atoms with van der Waals surface area (Å²) in [6.07, 6.45) is 3.67. The van der Waals surface area contributed by atoms with Crippen molar-refractivity contribution in [1.29, 1.82) is 0 Å². The highest BCUT2D eigenvalue weighted by Gasteiger charge is 2.28. The van der Waals surface area contributed by atoms with Gasteiger partial charge in [0.05, 0.1) is 6.10 Å². The Hall–Kier alpha value is 0.110. The second-order valence-electron chi connectivity index (χ2n) is 3.40. The first-order chi connectivity index (χ1) is 5.49. The fourth-order valence-electron chi connectivity index (χ4n) is 1.62. The van der Waals surface area contributed by atoms with Crippen molar-refractivity contribution in [3.8, 4) is 0 Å². The first-order valence-corrected chi connectivity index (χ1v) is 5.76. The maximum absolute atomic E-state index is 10.5. The van der Waals surface area contributed by atoms with Gasteiger partial charge in [0.2, 0.25) is 0 Å². The molecule has 0 aliphatic heterocycles. The highest BCUT2D eigenvalue weighted by Crippen LogP contribution is 2.42. The molecule has 1 fully saturated rings. The third kappa shape index (κ3) is 3.23. The Labute approximate surface area is 72.2 Å². The van der Waals surface area contributed by atoms with Crippen molar-refractivity contribution in [2.24, 2.45) is 5.92 Å². The number of hydrogen-bond donors (Lipinski definition) is 2. The standard InChI is InChI=1S/C7H15O4P/c1-6-4-2-3-5-7(6)11-12(8,9)10/h6-7H,2-5H2,1H3,(H2,8,9,10)/t6-,7-/m1/s1. The van der Waals surface area contributed by atoms with Gasteiger partial charge in [-0.25, -0.2) is 4.57 Å². The maximum Gasteiger partial charge on any atom is 0.469 e. The summed E-state index contributed by atoms with van der Waals surface area (Å²) in [6.45, 7) is 1.97. The lowest BCUT2D eigenvalue weighted by Gasteiger charge is -2.28. The number of phosphoric acid groups is 1. The zero-order valence-electron chi connectivity index (χ0n) is 7.14. The molecule has 0 aromatic heterocycles. The fourth-order valence-corrected chi connectivity index (χ4v) is 2.28. The van der Waals surface area contributed by atoms with Crippen molar-refractivity contribution in [3.63, 3.8) is 0 Å². The zero-order valence-corrected chi connectivity index (χ0v) is 8.04. The number of phosphoric ester groups is 1. The molecular formula is C7H15O4P. The Morgan fingerprint density at radius 1 is 1.33 bits per heavy atom. The van der Waals surface area contributed by atoms with Crippen molar-refractivity contribution in [1.82, 2.24) is 0 Å². The minimum Gasteiger partial charge on any atom is -0.303 e. The highest BCUT2D eigenvalue weighted by molar-refractivity contribution is 7.46. The summed E-state index contributed by atoms with van der Waals surface area (Å²) in [4.78, 5) is 17.2. The van der Waals surface area contributed by atoms with Crippen LogP contribution in [0, 0.1) is 5.92 Å². The van der Waals surface area contributed by atoms with E-state index in [0.29, 0.717) is 0 Å². The van der Waals surface area contributed by atoms with Gasteiger partial charge in [0.1, 0.15) is 0 Å². The molecule has 1 saturated carbocycles. The van der Waals surface area contributed by atoms with Crippen LogP contribution in [-0.2, 0) is 9.09 Å². The van der Waals surface area contributed by atoms with Gasteiger partial charge in [0.25, 0.3) is 0 Å². The summed E-state index contributed by atoms with van der Waals surface area (Å²) in [5.74, 6) is 0.270. The van der Waals surface area contributed by atoms with E-state index in [2.05, 4.69) is 4.52 Å². The van der Waals surface area contributed by atoms with Crippen molar-refractivity contribution in [2.45, 2.75) is 38.7 Å². The molecule has 0 heterocycles. The van der Waals surface area contributed by atoms with E-state index in [1.807, 2.05) is 6.92 Å². The fraction of sp³-hybridized carbons (Fsp3) is 1.00. The van der Waals surface area contributed by atoms with E-state index in [0.717, 1.165) is 25.7 Å². The molecule has 1 rings (SSSR count). The van der Waals surface area contributed by atoms with Crippen LogP contribution in [0.25, 0.3) is 0 Å². The van der Waals surface area contributed by atoms with Crippen LogP contribution < -0.4 is 0 Å². The molecule has 4 nitrogen and oxygen atoms in total. The molecule has 0 bridgehead atoms. The predicted octanol–water partition coefficient (Wildman–Crippen LogP) is 1.67. The number of hydrogen-bond acceptors (Lipinski definition) is 2. The van der Waals surface area contributed by atoms with Crippen LogP contribution in [0.2, 0.25) is 0 Å². The average Bonchev–Trinajstić information content (AvgIpc) is 1.91. The summed E-state index contributed by atoms with van der Waals surface area (Å²) in [5, 5.41) is 0. The Bertz CT molecular complexity index is 188. The van der Waals surface area contributed by atoms with Gasteiger partial charge >= 0.3 is 7.82 Å². The van der Waals surface area contributed by atoms with Crippen LogP contribution in [-0.4, -0.2) is 15.9 Å². The molecular weight excluding hydrogens is 179 g/mol. The van der Waals surface area contributed by atoms with Crippen LogP contribution in [0.15, 0.2) is 0 Å². The van der Waals surface area contributed by atoms with E-state index >= 15 is 0 Å². The Morgan fingerprint density at radius 3 is 2.42 bits per heavy atom. The Balaban J connectivity index is 2.44. The largest absolute Gasteiger partial charge is 0.469 e. The third-order valence-electron chi connectivity index (χ3n) is 2.31. The van der Waals surface area contributed by atoms with E-state index in [1.54, 1.807) is 0 Å². The smallest absolute Gasteiger partial charge is 0.303 e. The molecule has 1 aliphatic rings. The van der Waals surface area contributed by atoms with Crippen molar-refractivity contribution < 1.29 is 18.9 Å². The van der Waals surface area contributed by atoms with Gasteiger partial charge in [-0.05, 0) is 18.8 Å². The summed E-state index contributed by atoms with van der Waals surface area (Å²) < 4.78 is 15.2. The van der Waals surface area contributed by atoms with E-state index in [1.165, 1.54) is 0 Å². The van der Waals surface area contributed by atoms with Gasteiger partial charge in [0.15, 0.2) is 0 Å². The van der Waals surface area contributed by atoms with Gasteiger partial charge in [-0.15, -0.1) is 0 Å². The summed E-state index contributed by atoms with van der Waals surface area (Å²) in [6, 6.07) is 0. The van der Waals surface area contributed by atoms with Crippen LogP contribution in [0.4, 0.5) is 0 Å². The minimum absolute atomic E-state index is 0.250. The van der Waals surface area contributed by atoms with Crippen LogP contribution in [0.3, 0.4) is 0 Å². The Morgan fingerprint density at radius 2 is 1.92 bits per heavy atom. The Kier molecular flexibility index (Phi) is 3.29. The molecule has 0 saturated heterocycles. The molecule has 0 aromatic carbocycles. The van der Waals surface area contributed by atoms with E-state index in [4.69, 9.17) is 9.79 Å². The lowest BCUT2D eigenvalue weighted by atomic mass is 9.88. The van der Waals surface area contributed by atoms with E-state index in [9.17, 15) is 4.57 Å². The molecule has 2 N–H and O–H groups in total.